The molecule has 5 heteroatoms. The van der Waals surface area contributed by atoms with Crippen molar-refractivity contribution in [1.82, 2.24) is 10.2 Å². The minimum atomic E-state index is 0.235. The van der Waals surface area contributed by atoms with Crippen molar-refractivity contribution < 1.29 is 4.74 Å². The van der Waals surface area contributed by atoms with Gasteiger partial charge in [0.2, 0.25) is 0 Å². The molecule has 0 radical (unpaired) electrons. The van der Waals surface area contributed by atoms with Crippen LogP contribution >= 0.6 is 31.9 Å². The molecule has 0 heterocycles. The van der Waals surface area contributed by atoms with Gasteiger partial charge in [-0.3, -0.25) is 0 Å². The van der Waals surface area contributed by atoms with Gasteiger partial charge in [-0.15, -0.1) is 0 Å². The maximum Gasteiger partial charge on any atom is 0.138 e. The van der Waals surface area contributed by atoms with Crippen molar-refractivity contribution in [3.63, 3.8) is 0 Å². The second-order valence-corrected chi connectivity index (χ2v) is 8.08. The Bertz CT molecular complexity index is 462. The third kappa shape index (κ3) is 6.68. The highest BCUT2D eigenvalue weighted by Crippen LogP contribution is 2.33. The average molecular weight is 422 g/mol. The molecular weight excluding hydrogens is 396 g/mol. The highest BCUT2D eigenvalue weighted by atomic mass is 79.9. The van der Waals surface area contributed by atoms with Crippen LogP contribution in [-0.2, 0) is 6.54 Å². The first-order valence-corrected chi connectivity index (χ1v) is 8.80. The molecular formula is C16H26Br2N2O. The number of halogens is 2. The molecule has 1 aromatic rings. The fraction of sp³-hybridized carbons (Fsp3) is 0.625. The van der Waals surface area contributed by atoms with Gasteiger partial charge in [0.05, 0.1) is 11.1 Å². The molecule has 0 spiro atoms. The lowest BCUT2D eigenvalue weighted by Gasteiger charge is -2.28. The van der Waals surface area contributed by atoms with Crippen molar-refractivity contribution in [3.8, 4) is 5.75 Å². The molecule has 0 aliphatic carbocycles. The molecule has 0 aliphatic heterocycles. The lowest BCUT2D eigenvalue weighted by atomic mass is 9.93. The van der Waals surface area contributed by atoms with Gasteiger partial charge in [0.25, 0.3) is 0 Å². The predicted molar refractivity (Wildman–Crippen MR) is 97.1 cm³/mol. The number of ether oxygens (including phenoxy) is 1. The van der Waals surface area contributed by atoms with E-state index < -0.39 is 0 Å². The molecule has 0 bridgehead atoms. The van der Waals surface area contributed by atoms with Crippen LogP contribution in [0.25, 0.3) is 0 Å². The minimum Gasteiger partial charge on any atom is -0.492 e. The van der Waals surface area contributed by atoms with Gasteiger partial charge in [-0.05, 0) is 54.5 Å². The Kier molecular flexibility index (Phi) is 7.68. The number of benzene rings is 1. The topological polar surface area (TPSA) is 24.5 Å². The first-order chi connectivity index (χ1) is 9.75. The van der Waals surface area contributed by atoms with Gasteiger partial charge in [0, 0.05) is 29.7 Å². The zero-order valence-corrected chi connectivity index (χ0v) is 16.8. The SMILES string of the molecule is CCOc1c(Br)cc(Br)cc1CNCC(C)(C)CN(C)C. The fourth-order valence-electron chi connectivity index (χ4n) is 2.50. The van der Waals surface area contributed by atoms with Crippen LogP contribution < -0.4 is 10.1 Å². The van der Waals surface area contributed by atoms with Crippen molar-refractivity contribution in [3.05, 3.63) is 26.6 Å². The van der Waals surface area contributed by atoms with E-state index in [1.54, 1.807) is 0 Å². The molecule has 0 saturated carbocycles. The van der Waals surface area contributed by atoms with Crippen molar-refractivity contribution >= 4 is 31.9 Å². The first-order valence-electron chi connectivity index (χ1n) is 7.21. The number of nitrogens with one attached hydrogen (secondary N) is 1. The third-order valence-electron chi connectivity index (χ3n) is 3.04. The van der Waals surface area contributed by atoms with Gasteiger partial charge in [0.15, 0.2) is 0 Å². The van der Waals surface area contributed by atoms with Crippen LogP contribution in [0.15, 0.2) is 21.1 Å². The van der Waals surface area contributed by atoms with Gasteiger partial charge >= 0.3 is 0 Å². The summed E-state index contributed by atoms with van der Waals surface area (Å²) in [5.41, 5.74) is 1.40. The largest absolute Gasteiger partial charge is 0.492 e. The lowest BCUT2D eigenvalue weighted by Crippen LogP contribution is -2.37. The van der Waals surface area contributed by atoms with E-state index in [2.05, 4.69) is 76.1 Å². The van der Waals surface area contributed by atoms with Crippen LogP contribution in [0.2, 0.25) is 0 Å². The second kappa shape index (κ2) is 8.51. The molecule has 21 heavy (non-hydrogen) atoms. The van der Waals surface area contributed by atoms with Gasteiger partial charge < -0.3 is 15.0 Å². The van der Waals surface area contributed by atoms with Crippen LogP contribution in [0.4, 0.5) is 0 Å². The normalized spacial score (nSPS) is 12.0. The van der Waals surface area contributed by atoms with Crippen molar-refractivity contribution in [1.29, 1.82) is 0 Å². The summed E-state index contributed by atoms with van der Waals surface area (Å²) in [5, 5.41) is 3.55. The molecule has 0 unspecified atom stereocenters. The Morgan fingerprint density at radius 2 is 1.90 bits per heavy atom. The number of nitrogens with zero attached hydrogens (tertiary/aromatic N) is 1. The number of hydrogen-bond donors (Lipinski definition) is 1. The summed E-state index contributed by atoms with van der Waals surface area (Å²) in [6.07, 6.45) is 0. The van der Waals surface area contributed by atoms with E-state index in [0.29, 0.717) is 6.61 Å². The Morgan fingerprint density at radius 3 is 2.48 bits per heavy atom. The summed E-state index contributed by atoms with van der Waals surface area (Å²) in [5.74, 6) is 0.929. The van der Waals surface area contributed by atoms with Crippen molar-refractivity contribution in [2.24, 2.45) is 5.41 Å². The summed E-state index contributed by atoms with van der Waals surface area (Å²) >= 11 is 7.12. The summed E-state index contributed by atoms with van der Waals surface area (Å²) in [6.45, 7) is 10.0. The number of rotatable bonds is 8. The van der Waals surface area contributed by atoms with Crippen LogP contribution in [0, 0.1) is 5.41 Å². The van der Waals surface area contributed by atoms with Crippen molar-refractivity contribution in [2.75, 3.05) is 33.8 Å². The monoisotopic (exact) mass is 420 g/mol. The molecule has 1 rings (SSSR count). The quantitative estimate of drug-likeness (QED) is 0.677. The van der Waals surface area contributed by atoms with Crippen LogP contribution in [0.3, 0.4) is 0 Å². The molecule has 1 aromatic carbocycles. The highest BCUT2D eigenvalue weighted by molar-refractivity contribution is 9.11. The minimum absolute atomic E-state index is 0.235. The van der Waals surface area contributed by atoms with E-state index in [0.717, 1.165) is 34.3 Å². The van der Waals surface area contributed by atoms with Gasteiger partial charge in [-0.25, -0.2) is 0 Å². The molecule has 1 N–H and O–H groups in total. The van der Waals surface area contributed by atoms with Crippen molar-refractivity contribution in [2.45, 2.75) is 27.3 Å². The summed E-state index contributed by atoms with van der Waals surface area (Å²) < 4.78 is 7.80. The predicted octanol–water partition coefficient (Wildman–Crippen LogP) is 4.29. The lowest BCUT2D eigenvalue weighted by molar-refractivity contribution is 0.231. The van der Waals surface area contributed by atoms with E-state index in [1.807, 2.05) is 13.0 Å². The Balaban J connectivity index is 2.70. The standard InChI is InChI=1S/C16H26Br2N2O/c1-6-21-15-12(7-13(17)8-14(15)18)9-19-10-16(2,3)11-20(4)5/h7-8,19H,6,9-11H2,1-5H3. The maximum absolute atomic E-state index is 5.75. The summed E-state index contributed by atoms with van der Waals surface area (Å²) in [4.78, 5) is 2.23. The smallest absolute Gasteiger partial charge is 0.138 e. The Morgan fingerprint density at radius 1 is 1.24 bits per heavy atom. The molecule has 0 saturated heterocycles. The Labute approximate surface area is 145 Å². The molecule has 0 amide bonds. The zero-order chi connectivity index (χ0) is 16.0. The van der Waals surface area contributed by atoms with E-state index >= 15 is 0 Å². The van der Waals surface area contributed by atoms with E-state index in [4.69, 9.17) is 4.74 Å². The molecule has 0 fully saturated rings. The highest BCUT2D eigenvalue weighted by Gasteiger charge is 2.19. The van der Waals surface area contributed by atoms with Gasteiger partial charge in [0.1, 0.15) is 5.75 Å². The molecule has 0 aromatic heterocycles. The zero-order valence-electron chi connectivity index (χ0n) is 13.6. The van der Waals surface area contributed by atoms with Crippen LogP contribution in [0.5, 0.6) is 5.75 Å². The van der Waals surface area contributed by atoms with E-state index in [-0.39, 0.29) is 5.41 Å². The molecule has 120 valence electrons. The third-order valence-corrected chi connectivity index (χ3v) is 4.08. The Hall–Kier alpha value is -0.100. The molecule has 0 atom stereocenters. The van der Waals surface area contributed by atoms with Gasteiger partial charge in [-0.1, -0.05) is 29.8 Å². The van der Waals surface area contributed by atoms with Gasteiger partial charge in [-0.2, -0.15) is 0 Å². The summed E-state index contributed by atoms with van der Waals surface area (Å²) in [7, 11) is 4.22. The van der Waals surface area contributed by atoms with Crippen LogP contribution in [0.1, 0.15) is 26.3 Å². The molecule has 3 nitrogen and oxygen atoms in total. The van der Waals surface area contributed by atoms with E-state index in [9.17, 15) is 0 Å². The maximum atomic E-state index is 5.75. The first kappa shape index (κ1) is 18.9. The fourth-order valence-corrected chi connectivity index (χ4v) is 3.93. The number of hydrogen-bond acceptors (Lipinski definition) is 3. The summed E-state index contributed by atoms with van der Waals surface area (Å²) in [6, 6.07) is 4.13. The van der Waals surface area contributed by atoms with Crippen LogP contribution in [-0.4, -0.2) is 38.7 Å². The second-order valence-electron chi connectivity index (χ2n) is 6.31. The van der Waals surface area contributed by atoms with E-state index in [1.165, 1.54) is 5.56 Å². The average Bonchev–Trinajstić information content (AvgIpc) is 2.31. The molecule has 0 aliphatic rings.